The van der Waals surface area contributed by atoms with Gasteiger partial charge in [0.05, 0.1) is 11.6 Å². The van der Waals surface area contributed by atoms with Crippen molar-refractivity contribution < 1.29 is 0 Å². The zero-order chi connectivity index (χ0) is 15.1. The molecule has 0 saturated heterocycles. The molecule has 2 nitrogen and oxygen atoms in total. The van der Waals surface area contributed by atoms with Gasteiger partial charge in [-0.2, -0.15) is 5.26 Å². The third-order valence-electron chi connectivity index (χ3n) is 5.23. The lowest BCUT2D eigenvalue weighted by Gasteiger charge is -2.32. The highest BCUT2D eigenvalue weighted by atomic mass is 14.7. The van der Waals surface area contributed by atoms with Crippen molar-refractivity contribution in [3.63, 3.8) is 0 Å². The summed E-state index contributed by atoms with van der Waals surface area (Å²) in [6, 6.07) is 21.3. The minimum absolute atomic E-state index is 0.143. The Balaban J connectivity index is 1.87. The number of allylic oxidation sites excluding steroid dienone is 2. The molecule has 2 aliphatic rings. The van der Waals surface area contributed by atoms with E-state index in [9.17, 15) is 5.26 Å². The molecule has 3 atom stereocenters. The van der Waals surface area contributed by atoms with Gasteiger partial charge in [-0.1, -0.05) is 54.6 Å². The largest absolute Gasteiger partial charge is 0.401 e. The number of benzene rings is 2. The predicted octanol–water partition coefficient (Wildman–Crippen LogP) is 3.87. The Morgan fingerprint density at radius 3 is 2.45 bits per heavy atom. The molecule has 0 heterocycles. The molecule has 0 spiro atoms. The topological polar surface area (TPSA) is 49.8 Å². The van der Waals surface area contributed by atoms with Crippen LogP contribution in [0.15, 0.2) is 65.9 Å². The second kappa shape index (κ2) is 5.03. The van der Waals surface area contributed by atoms with Gasteiger partial charge in [0.2, 0.25) is 0 Å². The van der Waals surface area contributed by atoms with Gasteiger partial charge < -0.3 is 5.73 Å². The molecule has 2 heteroatoms. The van der Waals surface area contributed by atoms with E-state index in [-0.39, 0.29) is 11.8 Å². The first-order chi connectivity index (χ1) is 10.8. The molecule has 0 amide bonds. The van der Waals surface area contributed by atoms with Gasteiger partial charge in [0.1, 0.15) is 0 Å². The molecule has 0 aromatic heterocycles. The minimum Gasteiger partial charge on any atom is -0.401 e. The normalized spacial score (nSPS) is 26.2. The second-order valence-corrected chi connectivity index (χ2v) is 6.25. The van der Waals surface area contributed by atoms with E-state index in [4.69, 9.17) is 5.73 Å². The van der Waals surface area contributed by atoms with Gasteiger partial charge in [0.15, 0.2) is 0 Å². The van der Waals surface area contributed by atoms with Crippen molar-refractivity contribution in [2.24, 2.45) is 11.7 Å². The molecule has 2 aliphatic carbocycles. The van der Waals surface area contributed by atoms with Crippen LogP contribution in [0.4, 0.5) is 0 Å². The van der Waals surface area contributed by atoms with Crippen LogP contribution in [0.25, 0.3) is 0 Å². The molecule has 2 aromatic carbocycles. The maximum Gasteiger partial charge on any atom is 0.0972 e. The van der Waals surface area contributed by atoms with Gasteiger partial charge in [-0.05, 0) is 35.4 Å². The number of nitrogens with two attached hydrogens (primary N) is 1. The molecular formula is C20H18N2. The quantitative estimate of drug-likeness (QED) is 0.865. The van der Waals surface area contributed by atoms with Crippen molar-refractivity contribution in [2.45, 2.75) is 24.7 Å². The number of nitriles is 1. The van der Waals surface area contributed by atoms with Gasteiger partial charge in [0.25, 0.3) is 0 Å². The van der Waals surface area contributed by atoms with Crippen LogP contribution < -0.4 is 5.73 Å². The maximum atomic E-state index is 9.68. The molecule has 2 N–H and O–H groups in total. The first kappa shape index (κ1) is 13.2. The monoisotopic (exact) mass is 286 g/mol. The van der Waals surface area contributed by atoms with E-state index in [2.05, 4.69) is 42.5 Å². The van der Waals surface area contributed by atoms with Crippen molar-refractivity contribution in [1.29, 1.82) is 5.26 Å². The minimum atomic E-state index is 0.143. The smallest absolute Gasteiger partial charge is 0.0972 e. The lowest BCUT2D eigenvalue weighted by Crippen LogP contribution is -2.23. The summed E-state index contributed by atoms with van der Waals surface area (Å²) in [6.45, 7) is 0. The summed E-state index contributed by atoms with van der Waals surface area (Å²) in [5.41, 5.74) is 11.9. The Morgan fingerprint density at radius 2 is 1.68 bits per heavy atom. The Labute approximate surface area is 130 Å². The standard InChI is InChI=1S/C20H18N2/c21-12-17-18(14-7-2-1-3-8-14)16-11-10-13-6-4-5-9-15(13)19(16)20(17)22/h1-9,16,18-19H,10-11,22H2/t16-,18+,19-/m0/s1. The van der Waals surface area contributed by atoms with E-state index in [0.717, 1.165) is 24.1 Å². The van der Waals surface area contributed by atoms with E-state index in [0.29, 0.717) is 5.92 Å². The number of nitrogens with zero attached hydrogens (tertiary/aromatic N) is 1. The highest BCUT2D eigenvalue weighted by molar-refractivity contribution is 5.52. The average molecular weight is 286 g/mol. The summed E-state index contributed by atoms with van der Waals surface area (Å²) in [4.78, 5) is 0. The zero-order valence-electron chi connectivity index (χ0n) is 12.4. The number of fused-ring (bicyclic) bond motifs is 3. The Kier molecular flexibility index (Phi) is 3.01. The Morgan fingerprint density at radius 1 is 0.955 bits per heavy atom. The summed E-state index contributed by atoms with van der Waals surface area (Å²) < 4.78 is 0. The molecule has 0 aliphatic heterocycles. The van der Waals surface area contributed by atoms with E-state index >= 15 is 0 Å². The van der Waals surface area contributed by atoms with Crippen molar-refractivity contribution in [2.75, 3.05) is 0 Å². The van der Waals surface area contributed by atoms with Crippen LogP contribution in [0.3, 0.4) is 0 Å². The van der Waals surface area contributed by atoms with Gasteiger partial charge in [-0.25, -0.2) is 0 Å². The van der Waals surface area contributed by atoms with Crippen LogP contribution in [-0.4, -0.2) is 0 Å². The fourth-order valence-electron chi connectivity index (χ4n) is 4.31. The third-order valence-corrected chi connectivity index (χ3v) is 5.23. The number of rotatable bonds is 1. The van der Waals surface area contributed by atoms with E-state index in [1.807, 2.05) is 18.2 Å². The van der Waals surface area contributed by atoms with Crippen molar-refractivity contribution >= 4 is 0 Å². The van der Waals surface area contributed by atoms with Crippen LogP contribution in [0, 0.1) is 17.2 Å². The van der Waals surface area contributed by atoms with E-state index < -0.39 is 0 Å². The molecule has 0 saturated carbocycles. The highest BCUT2D eigenvalue weighted by Gasteiger charge is 2.45. The lowest BCUT2D eigenvalue weighted by atomic mass is 9.71. The average Bonchev–Trinajstić information content (AvgIpc) is 2.88. The van der Waals surface area contributed by atoms with Gasteiger partial charge in [-0.3, -0.25) is 0 Å². The van der Waals surface area contributed by atoms with Crippen molar-refractivity contribution in [3.05, 3.63) is 82.6 Å². The van der Waals surface area contributed by atoms with Crippen LogP contribution in [0.1, 0.15) is 34.9 Å². The summed E-state index contributed by atoms with van der Waals surface area (Å²) in [6.07, 6.45) is 2.17. The predicted molar refractivity (Wildman–Crippen MR) is 87.0 cm³/mol. The molecule has 2 aromatic rings. The first-order valence-corrected chi connectivity index (χ1v) is 7.83. The SMILES string of the molecule is N#CC1=C(N)[C@H]2c3ccccc3CC[C@H]2[C@H]1c1ccccc1. The Bertz CT molecular complexity index is 783. The number of hydrogen-bond donors (Lipinski definition) is 1. The number of hydrogen-bond acceptors (Lipinski definition) is 2. The fraction of sp³-hybridized carbons (Fsp3) is 0.250. The van der Waals surface area contributed by atoms with Gasteiger partial charge in [0, 0.05) is 17.5 Å². The molecule has 0 radical (unpaired) electrons. The van der Waals surface area contributed by atoms with Crippen molar-refractivity contribution in [1.82, 2.24) is 0 Å². The summed E-state index contributed by atoms with van der Waals surface area (Å²) in [5, 5.41) is 9.68. The van der Waals surface area contributed by atoms with Crippen molar-refractivity contribution in [3.8, 4) is 6.07 Å². The summed E-state index contributed by atoms with van der Waals surface area (Å²) >= 11 is 0. The third kappa shape index (κ3) is 1.79. The maximum absolute atomic E-state index is 9.68. The molecule has 0 fully saturated rings. The van der Waals surface area contributed by atoms with Gasteiger partial charge >= 0.3 is 0 Å². The number of aryl methyl sites for hydroxylation is 1. The molecule has 0 unspecified atom stereocenters. The van der Waals surface area contributed by atoms with Crippen LogP contribution in [-0.2, 0) is 6.42 Å². The first-order valence-electron chi connectivity index (χ1n) is 7.83. The van der Waals surface area contributed by atoms with E-state index in [1.165, 1.54) is 16.7 Å². The fourth-order valence-corrected chi connectivity index (χ4v) is 4.31. The summed E-state index contributed by atoms with van der Waals surface area (Å²) in [5.74, 6) is 0.751. The molecular weight excluding hydrogens is 268 g/mol. The molecule has 108 valence electrons. The van der Waals surface area contributed by atoms with Gasteiger partial charge in [-0.15, -0.1) is 0 Å². The summed E-state index contributed by atoms with van der Waals surface area (Å²) in [7, 11) is 0. The van der Waals surface area contributed by atoms with Crippen LogP contribution >= 0.6 is 0 Å². The Hall–Kier alpha value is -2.53. The zero-order valence-corrected chi connectivity index (χ0v) is 12.4. The highest BCUT2D eigenvalue weighted by Crippen LogP contribution is 2.54. The molecule has 0 bridgehead atoms. The van der Waals surface area contributed by atoms with E-state index in [1.54, 1.807) is 0 Å². The van der Waals surface area contributed by atoms with Crippen LogP contribution in [0.5, 0.6) is 0 Å². The molecule has 4 rings (SSSR count). The van der Waals surface area contributed by atoms with Crippen LogP contribution in [0.2, 0.25) is 0 Å². The second-order valence-electron chi connectivity index (χ2n) is 6.25. The molecule has 22 heavy (non-hydrogen) atoms. The lowest BCUT2D eigenvalue weighted by molar-refractivity contribution is 0.395.